The largest absolute Gasteiger partial charge is 0.378 e. The van der Waals surface area contributed by atoms with Crippen molar-refractivity contribution >= 4 is 35.0 Å². The van der Waals surface area contributed by atoms with Gasteiger partial charge in [-0.15, -0.1) is 0 Å². The van der Waals surface area contributed by atoms with Crippen LogP contribution >= 0.6 is 11.6 Å². The van der Waals surface area contributed by atoms with Crippen LogP contribution in [0.1, 0.15) is 5.56 Å². The van der Waals surface area contributed by atoms with Gasteiger partial charge in [0.15, 0.2) is 0 Å². The molecule has 0 atom stereocenters. The van der Waals surface area contributed by atoms with Crippen LogP contribution in [0.2, 0.25) is 5.02 Å². The van der Waals surface area contributed by atoms with E-state index in [4.69, 9.17) is 11.6 Å². The molecule has 0 aromatic heterocycles. The van der Waals surface area contributed by atoms with Crippen molar-refractivity contribution in [1.82, 2.24) is 0 Å². The molecule has 22 heavy (non-hydrogen) atoms. The molecular weight excluding hydrogens is 303 g/mol. The van der Waals surface area contributed by atoms with Gasteiger partial charge in [0.1, 0.15) is 5.82 Å². The number of amides is 1. The van der Waals surface area contributed by atoms with Crippen LogP contribution in [0.3, 0.4) is 0 Å². The average Bonchev–Trinajstić information content (AvgIpc) is 2.47. The molecule has 0 fully saturated rings. The van der Waals surface area contributed by atoms with E-state index in [0.717, 1.165) is 5.69 Å². The third kappa shape index (κ3) is 4.09. The van der Waals surface area contributed by atoms with Gasteiger partial charge in [-0.2, -0.15) is 0 Å². The van der Waals surface area contributed by atoms with E-state index in [9.17, 15) is 9.18 Å². The number of nitrogens with zero attached hydrogens (tertiary/aromatic N) is 1. The van der Waals surface area contributed by atoms with Gasteiger partial charge in [-0.3, -0.25) is 4.79 Å². The summed E-state index contributed by atoms with van der Waals surface area (Å²) in [5, 5.41) is 2.97. The van der Waals surface area contributed by atoms with Gasteiger partial charge in [-0.1, -0.05) is 17.7 Å². The third-order valence-electron chi connectivity index (χ3n) is 3.05. The Bertz CT molecular complexity index is 676. The molecule has 5 heteroatoms. The Kier molecular flexibility index (Phi) is 5.17. The molecule has 1 N–H and O–H groups in total. The van der Waals surface area contributed by atoms with Gasteiger partial charge in [-0.25, -0.2) is 4.39 Å². The second-order valence-electron chi connectivity index (χ2n) is 4.90. The highest BCUT2D eigenvalue weighted by Crippen LogP contribution is 2.20. The molecule has 0 aliphatic carbocycles. The van der Waals surface area contributed by atoms with E-state index in [1.807, 2.05) is 31.1 Å². The second kappa shape index (κ2) is 7.09. The van der Waals surface area contributed by atoms with Gasteiger partial charge >= 0.3 is 0 Å². The normalized spacial score (nSPS) is 10.7. The molecule has 2 aromatic rings. The second-order valence-corrected chi connectivity index (χ2v) is 5.31. The zero-order valence-corrected chi connectivity index (χ0v) is 13.1. The van der Waals surface area contributed by atoms with Crippen LogP contribution in [0.25, 0.3) is 6.08 Å². The van der Waals surface area contributed by atoms with Gasteiger partial charge in [-0.05, 0) is 42.5 Å². The van der Waals surface area contributed by atoms with Crippen LogP contribution < -0.4 is 10.2 Å². The van der Waals surface area contributed by atoms with E-state index < -0.39 is 5.82 Å². The number of carbonyl (C=O) groups excluding carboxylic acids is 1. The first-order valence-corrected chi connectivity index (χ1v) is 7.05. The molecular formula is C17H16ClFN2O. The van der Waals surface area contributed by atoms with Crippen molar-refractivity contribution < 1.29 is 9.18 Å². The maximum absolute atomic E-state index is 13.6. The van der Waals surface area contributed by atoms with Crippen molar-refractivity contribution in [2.24, 2.45) is 0 Å². The van der Waals surface area contributed by atoms with Crippen molar-refractivity contribution in [3.63, 3.8) is 0 Å². The quantitative estimate of drug-likeness (QED) is 0.857. The van der Waals surface area contributed by atoms with Crippen LogP contribution in [0.5, 0.6) is 0 Å². The van der Waals surface area contributed by atoms with E-state index >= 15 is 0 Å². The van der Waals surface area contributed by atoms with Gasteiger partial charge in [0.25, 0.3) is 0 Å². The Labute approximate surface area is 134 Å². The van der Waals surface area contributed by atoms with Gasteiger partial charge < -0.3 is 10.2 Å². The standard InChI is InChI=1S/C17H16ClFN2O/c1-21(2)13-8-6-12(7-9-13)20-17(22)11-10-14-15(18)4-3-5-16(14)19/h3-11H,1-2H3,(H,20,22). The number of benzene rings is 2. The fourth-order valence-corrected chi connectivity index (χ4v) is 2.08. The first-order valence-electron chi connectivity index (χ1n) is 6.68. The summed E-state index contributed by atoms with van der Waals surface area (Å²) in [6.45, 7) is 0. The Morgan fingerprint density at radius 3 is 2.45 bits per heavy atom. The number of hydrogen-bond donors (Lipinski definition) is 1. The fourth-order valence-electron chi connectivity index (χ4n) is 1.86. The highest BCUT2D eigenvalue weighted by molar-refractivity contribution is 6.32. The lowest BCUT2D eigenvalue weighted by Crippen LogP contribution is -2.10. The zero-order valence-electron chi connectivity index (χ0n) is 12.3. The highest BCUT2D eigenvalue weighted by atomic mass is 35.5. The van der Waals surface area contributed by atoms with Crippen LogP contribution in [0.15, 0.2) is 48.5 Å². The van der Waals surface area contributed by atoms with Crippen molar-refractivity contribution in [1.29, 1.82) is 0 Å². The monoisotopic (exact) mass is 318 g/mol. The number of carbonyl (C=O) groups is 1. The predicted octanol–water partition coefficient (Wildman–Crippen LogP) is 4.20. The molecule has 3 nitrogen and oxygen atoms in total. The van der Waals surface area contributed by atoms with Crippen molar-refractivity contribution in [3.05, 3.63) is 64.9 Å². The van der Waals surface area contributed by atoms with E-state index in [1.165, 1.54) is 24.3 Å². The van der Waals surface area contributed by atoms with E-state index in [-0.39, 0.29) is 16.5 Å². The van der Waals surface area contributed by atoms with E-state index in [0.29, 0.717) is 5.69 Å². The molecule has 0 spiro atoms. The summed E-state index contributed by atoms with van der Waals surface area (Å²) in [5.41, 5.74) is 1.90. The molecule has 0 radical (unpaired) electrons. The first-order chi connectivity index (χ1) is 10.5. The average molecular weight is 319 g/mol. The fraction of sp³-hybridized carbons (Fsp3) is 0.118. The van der Waals surface area contributed by atoms with Crippen LogP contribution in [0, 0.1) is 5.82 Å². The van der Waals surface area contributed by atoms with Crippen molar-refractivity contribution in [3.8, 4) is 0 Å². The number of hydrogen-bond acceptors (Lipinski definition) is 2. The molecule has 1 amide bonds. The topological polar surface area (TPSA) is 32.3 Å². The Balaban J connectivity index is 2.05. The molecule has 0 aliphatic heterocycles. The number of rotatable bonds is 4. The Hall–Kier alpha value is -2.33. The summed E-state index contributed by atoms with van der Waals surface area (Å²) in [6, 6.07) is 11.8. The molecule has 114 valence electrons. The minimum absolute atomic E-state index is 0.197. The molecule has 0 unspecified atom stereocenters. The van der Waals surface area contributed by atoms with Crippen molar-refractivity contribution in [2.75, 3.05) is 24.3 Å². The third-order valence-corrected chi connectivity index (χ3v) is 3.38. The van der Waals surface area contributed by atoms with Crippen LogP contribution in [-0.2, 0) is 4.79 Å². The SMILES string of the molecule is CN(C)c1ccc(NC(=O)C=Cc2c(F)cccc2Cl)cc1. The summed E-state index contributed by atoms with van der Waals surface area (Å²) in [4.78, 5) is 13.8. The molecule has 0 bridgehead atoms. The maximum atomic E-state index is 13.6. The van der Waals surface area contributed by atoms with Crippen molar-refractivity contribution in [2.45, 2.75) is 0 Å². The summed E-state index contributed by atoms with van der Waals surface area (Å²) >= 11 is 5.89. The summed E-state index contributed by atoms with van der Waals surface area (Å²) in [6.07, 6.45) is 2.62. The Morgan fingerprint density at radius 1 is 1.18 bits per heavy atom. The maximum Gasteiger partial charge on any atom is 0.248 e. The smallest absolute Gasteiger partial charge is 0.248 e. The zero-order chi connectivity index (χ0) is 16.1. The minimum atomic E-state index is -0.466. The number of anilines is 2. The summed E-state index contributed by atoms with van der Waals surface area (Å²) in [5.74, 6) is -0.816. The molecule has 2 rings (SSSR count). The Morgan fingerprint density at radius 2 is 1.86 bits per heavy atom. The molecule has 0 saturated carbocycles. The van der Waals surface area contributed by atoms with Gasteiger partial charge in [0.2, 0.25) is 5.91 Å². The highest BCUT2D eigenvalue weighted by Gasteiger charge is 2.04. The predicted molar refractivity (Wildman–Crippen MR) is 89.8 cm³/mol. The van der Waals surface area contributed by atoms with Gasteiger partial charge in [0.05, 0.1) is 5.02 Å². The lowest BCUT2D eigenvalue weighted by molar-refractivity contribution is -0.111. The molecule has 0 aliphatic rings. The number of nitrogens with one attached hydrogen (secondary N) is 1. The first kappa shape index (κ1) is 16.0. The lowest BCUT2D eigenvalue weighted by Gasteiger charge is -2.12. The summed E-state index contributed by atoms with van der Waals surface area (Å²) in [7, 11) is 3.88. The lowest BCUT2D eigenvalue weighted by atomic mass is 10.2. The molecule has 0 saturated heterocycles. The minimum Gasteiger partial charge on any atom is -0.378 e. The summed E-state index contributed by atoms with van der Waals surface area (Å²) < 4.78 is 13.6. The van der Waals surface area contributed by atoms with E-state index in [2.05, 4.69) is 5.32 Å². The molecule has 0 heterocycles. The molecule has 2 aromatic carbocycles. The van der Waals surface area contributed by atoms with Gasteiger partial charge in [0, 0.05) is 37.1 Å². The van der Waals surface area contributed by atoms with Crippen LogP contribution in [0.4, 0.5) is 15.8 Å². The van der Waals surface area contributed by atoms with E-state index in [1.54, 1.807) is 18.2 Å². The number of halogens is 2. The van der Waals surface area contributed by atoms with Crippen LogP contribution in [-0.4, -0.2) is 20.0 Å².